The fourth-order valence-corrected chi connectivity index (χ4v) is 2.98. The van der Waals surface area contributed by atoms with Crippen molar-refractivity contribution in [2.45, 2.75) is 6.92 Å². The van der Waals surface area contributed by atoms with E-state index in [9.17, 15) is 10.1 Å². The lowest BCUT2D eigenvalue weighted by atomic mass is 10.1. The van der Waals surface area contributed by atoms with E-state index in [4.69, 9.17) is 0 Å². The molecule has 5 nitrogen and oxygen atoms in total. The quantitative estimate of drug-likeness (QED) is 0.615. The standard InChI is InChI=1S/C20H14N4O/c1-13-15(11-21)19-23-17-9-5-6-10-18(17)24(19)20(25)16(13)12-22-14-7-3-2-4-8-14/h2-10,12,22H,1H3/b16-12-. The Morgan fingerprint density at radius 2 is 1.84 bits per heavy atom. The minimum atomic E-state index is -0.191. The van der Waals surface area contributed by atoms with Crippen molar-refractivity contribution in [1.29, 1.82) is 5.26 Å². The van der Waals surface area contributed by atoms with E-state index in [1.807, 2.05) is 54.6 Å². The molecule has 4 aromatic rings. The van der Waals surface area contributed by atoms with Crippen molar-refractivity contribution in [3.63, 3.8) is 0 Å². The molecule has 2 aromatic heterocycles. The Bertz CT molecular complexity index is 1250. The molecule has 0 aliphatic carbocycles. The van der Waals surface area contributed by atoms with Crippen molar-refractivity contribution >= 4 is 28.6 Å². The molecule has 0 spiro atoms. The van der Waals surface area contributed by atoms with Gasteiger partial charge < -0.3 is 5.32 Å². The molecule has 2 heterocycles. The first-order valence-corrected chi connectivity index (χ1v) is 7.86. The normalized spacial score (nSPS) is 11.8. The van der Waals surface area contributed by atoms with Gasteiger partial charge in [0, 0.05) is 11.9 Å². The summed E-state index contributed by atoms with van der Waals surface area (Å²) in [5, 5.41) is 13.2. The first kappa shape index (κ1) is 14.9. The Labute approximate surface area is 143 Å². The number of nitriles is 1. The van der Waals surface area contributed by atoms with E-state index in [0.29, 0.717) is 33.0 Å². The van der Waals surface area contributed by atoms with E-state index in [1.165, 1.54) is 4.40 Å². The van der Waals surface area contributed by atoms with Gasteiger partial charge in [-0.2, -0.15) is 5.26 Å². The average molecular weight is 326 g/mol. The van der Waals surface area contributed by atoms with Gasteiger partial charge in [-0.25, -0.2) is 4.98 Å². The van der Waals surface area contributed by atoms with Crippen LogP contribution in [0.5, 0.6) is 0 Å². The van der Waals surface area contributed by atoms with Crippen LogP contribution in [0.2, 0.25) is 0 Å². The summed E-state index contributed by atoms with van der Waals surface area (Å²) in [6.45, 7) is 1.78. The van der Waals surface area contributed by atoms with Crippen molar-refractivity contribution in [3.8, 4) is 6.07 Å². The zero-order chi connectivity index (χ0) is 17.4. The number of para-hydroxylation sites is 3. The summed E-state index contributed by atoms with van der Waals surface area (Å²) in [7, 11) is 0. The summed E-state index contributed by atoms with van der Waals surface area (Å²) in [6, 6.07) is 19.1. The maximum Gasteiger partial charge on any atom is 0.265 e. The summed E-state index contributed by atoms with van der Waals surface area (Å²) in [4.78, 5) is 17.5. The number of pyridine rings is 1. The highest BCUT2D eigenvalue weighted by atomic mass is 16.1. The first-order chi connectivity index (χ1) is 12.2. The Morgan fingerprint density at radius 1 is 1.12 bits per heavy atom. The maximum absolute atomic E-state index is 13.1. The molecule has 1 N–H and O–H groups in total. The minimum absolute atomic E-state index is 0.191. The predicted octanol–water partition coefficient (Wildman–Crippen LogP) is 2.60. The monoisotopic (exact) mass is 326 g/mol. The first-order valence-electron chi connectivity index (χ1n) is 7.86. The van der Waals surface area contributed by atoms with Gasteiger partial charge in [0.05, 0.1) is 21.8 Å². The smallest absolute Gasteiger partial charge is 0.265 e. The third-order valence-corrected chi connectivity index (χ3v) is 4.27. The van der Waals surface area contributed by atoms with Crippen LogP contribution in [0.3, 0.4) is 0 Å². The molecule has 0 atom stereocenters. The molecule has 0 saturated carbocycles. The fourth-order valence-electron chi connectivity index (χ4n) is 2.98. The van der Waals surface area contributed by atoms with Crippen LogP contribution in [-0.4, -0.2) is 9.38 Å². The lowest BCUT2D eigenvalue weighted by molar-refractivity contribution is 1.10. The highest BCUT2D eigenvalue weighted by Gasteiger charge is 2.15. The third-order valence-electron chi connectivity index (χ3n) is 4.27. The summed E-state index contributed by atoms with van der Waals surface area (Å²) >= 11 is 0. The number of anilines is 1. The van der Waals surface area contributed by atoms with Crippen LogP contribution in [0.15, 0.2) is 59.4 Å². The average Bonchev–Trinajstić information content (AvgIpc) is 3.02. The second kappa shape index (κ2) is 5.77. The van der Waals surface area contributed by atoms with Crippen molar-refractivity contribution in [2.24, 2.45) is 0 Å². The van der Waals surface area contributed by atoms with Gasteiger partial charge in [-0.1, -0.05) is 30.3 Å². The molecule has 4 rings (SSSR count). The molecule has 0 amide bonds. The molecule has 0 radical (unpaired) electrons. The second-order valence-electron chi connectivity index (χ2n) is 5.74. The highest BCUT2D eigenvalue weighted by molar-refractivity contribution is 5.82. The van der Waals surface area contributed by atoms with Gasteiger partial charge >= 0.3 is 0 Å². The lowest BCUT2D eigenvalue weighted by Gasteiger charge is -2.04. The molecule has 0 bridgehead atoms. The Hall–Kier alpha value is -3.65. The molecule has 2 aromatic carbocycles. The number of nitrogens with zero attached hydrogens (tertiary/aromatic N) is 3. The third kappa shape index (κ3) is 2.32. The van der Waals surface area contributed by atoms with Gasteiger partial charge in [-0.3, -0.25) is 9.20 Å². The zero-order valence-electron chi connectivity index (χ0n) is 13.5. The van der Waals surface area contributed by atoms with Crippen molar-refractivity contribution in [3.05, 3.63) is 81.3 Å². The number of imidazole rings is 1. The van der Waals surface area contributed by atoms with Crippen LogP contribution in [0.1, 0.15) is 11.1 Å². The molecular weight excluding hydrogens is 312 g/mol. The van der Waals surface area contributed by atoms with E-state index in [0.717, 1.165) is 5.69 Å². The van der Waals surface area contributed by atoms with E-state index >= 15 is 0 Å². The largest absolute Gasteiger partial charge is 0.361 e. The van der Waals surface area contributed by atoms with Gasteiger partial charge in [0.15, 0.2) is 5.65 Å². The summed E-state index contributed by atoms with van der Waals surface area (Å²) in [5.74, 6) is 0. The second-order valence-corrected chi connectivity index (χ2v) is 5.74. The molecule has 120 valence electrons. The van der Waals surface area contributed by atoms with Gasteiger partial charge in [0.1, 0.15) is 6.07 Å². The lowest BCUT2D eigenvalue weighted by Crippen LogP contribution is -2.34. The molecular formula is C20H14N4O. The molecule has 5 heteroatoms. The number of rotatable bonds is 2. The van der Waals surface area contributed by atoms with Gasteiger partial charge in [0.25, 0.3) is 5.56 Å². The van der Waals surface area contributed by atoms with Crippen molar-refractivity contribution in [1.82, 2.24) is 9.38 Å². The SMILES string of the molecule is Cc1c(C#N)c2nc3ccccc3n2c(=O)/c1=C\Nc1ccccc1. The van der Waals surface area contributed by atoms with E-state index < -0.39 is 0 Å². The summed E-state index contributed by atoms with van der Waals surface area (Å²) in [5.41, 5.74) is 3.52. The highest BCUT2D eigenvalue weighted by Crippen LogP contribution is 2.17. The van der Waals surface area contributed by atoms with E-state index in [2.05, 4.69) is 16.4 Å². The molecule has 0 unspecified atom stereocenters. The van der Waals surface area contributed by atoms with E-state index in [-0.39, 0.29) is 5.56 Å². The number of hydrogen-bond acceptors (Lipinski definition) is 4. The number of aromatic nitrogens is 2. The van der Waals surface area contributed by atoms with Crippen LogP contribution >= 0.6 is 0 Å². The number of hydrogen-bond donors (Lipinski definition) is 1. The minimum Gasteiger partial charge on any atom is -0.361 e. The van der Waals surface area contributed by atoms with Gasteiger partial charge in [-0.05, 0) is 36.8 Å². The molecule has 25 heavy (non-hydrogen) atoms. The van der Waals surface area contributed by atoms with E-state index in [1.54, 1.807) is 13.1 Å². The fraction of sp³-hybridized carbons (Fsp3) is 0.0500. The molecule has 0 aliphatic rings. The Kier molecular flexibility index (Phi) is 3.44. The van der Waals surface area contributed by atoms with Crippen LogP contribution in [0, 0.1) is 18.3 Å². The van der Waals surface area contributed by atoms with Crippen LogP contribution in [0.25, 0.3) is 22.9 Å². The van der Waals surface area contributed by atoms with Gasteiger partial charge in [0.2, 0.25) is 0 Å². The zero-order valence-corrected chi connectivity index (χ0v) is 13.5. The maximum atomic E-state index is 13.1. The van der Waals surface area contributed by atoms with Gasteiger partial charge in [-0.15, -0.1) is 0 Å². The number of fused-ring (bicyclic) bond motifs is 3. The summed E-state index contributed by atoms with van der Waals surface area (Å²) < 4.78 is 1.51. The number of nitrogens with one attached hydrogen (secondary N) is 1. The molecule has 0 aliphatic heterocycles. The predicted molar refractivity (Wildman–Crippen MR) is 98.2 cm³/mol. The van der Waals surface area contributed by atoms with Crippen LogP contribution < -0.4 is 16.1 Å². The Balaban J connectivity index is 2.07. The molecule has 0 saturated heterocycles. The number of benzene rings is 2. The van der Waals surface area contributed by atoms with Crippen molar-refractivity contribution < 1.29 is 0 Å². The Morgan fingerprint density at radius 3 is 2.60 bits per heavy atom. The van der Waals surface area contributed by atoms with Crippen LogP contribution in [0.4, 0.5) is 5.69 Å². The topological polar surface area (TPSA) is 70.2 Å². The van der Waals surface area contributed by atoms with Crippen molar-refractivity contribution in [2.75, 3.05) is 5.32 Å². The van der Waals surface area contributed by atoms with Crippen LogP contribution in [-0.2, 0) is 0 Å². The summed E-state index contributed by atoms with van der Waals surface area (Å²) in [6.07, 6.45) is 1.65. The molecule has 0 fully saturated rings.